The molecular formula is C8H14O2. The van der Waals surface area contributed by atoms with Gasteiger partial charge in [-0.3, -0.25) is 4.79 Å². The fraction of sp³-hybridized carbons (Fsp3) is 0.875. The van der Waals surface area contributed by atoms with Gasteiger partial charge in [0.2, 0.25) is 0 Å². The van der Waals surface area contributed by atoms with Gasteiger partial charge in [-0.15, -0.1) is 0 Å². The summed E-state index contributed by atoms with van der Waals surface area (Å²) in [5.41, 5.74) is 0. The van der Waals surface area contributed by atoms with E-state index in [9.17, 15) is 4.79 Å². The third-order valence-corrected chi connectivity index (χ3v) is 1.59. The molecule has 0 aliphatic heterocycles. The van der Waals surface area contributed by atoms with Crippen molar-refractivity contribution in [3.05, 3.63) is 0 Å². The summed E-state index contributed by atoms with van der Waals surface area (Å²) in [7, 11) is 0. The number of ether oxygens (including phenoxy) is 1. The number of ketones is 1. The fourth-order valence-corrected chi connectivity index (χ4v) is 0.772. The molecule has 1 aliphatic carbocycles. The highest BCUT2D eigenvalue weighted by molar-refractivity contribution is 5.84. The standard InChI is InChI=1S/C8H14O2/c1-6(2)10-5-8(9)7-3-4-7/h6-7H,3-5H2,1-2H3. The minimum atomic E-state index is 0.183. The van der Waals surface area contributed by atoms with Gasteiger partial charge in [-0.05, 0) is 26.7 Å². The Morgan fingerprint density at radius 2 is 2.20 bits per heavy atom. The first kappa shape index (κ1) is 7.73. The largest absolute Gasteiger partial charge is 0.371 e. The lowest BCUT2D eigenvalue weighted by Gasteiger charge is -2.04. The molecule has 0 spiro atoms. The van der Waals surface area contributed by atoms with E-state index in [1.807, 2.05) is 13.8 Å². The Labute approximate surface area is 61.6 Å². The summed E-state index contributed by atoms with van der Waals surface area (Å²) in [6.07, 6.45) is 2.35. The van der Waals surface area contributed by atoms with Crippen LogP contribution in [-0.4, -0.2) is 18.5 Å². The van der Waals surface area contributed by atoms with Gasteiger partial charge >= 0.3 is 0 Å². The van der Waals surface area contributed by atoms with Gasteiger partial charge in [-0.1, -0.05) is 0 Å². The van der Waals surface area contributed by atoms with E-state index < -0.39 is 0 Å². The smallest absolute Gasteiger partial charge is 0.161 e. The Morgan fingerprint density at radius 3 is 2.60 bits per heavy atom. The van der Waals surface area contributed by atoms with E-state index in [2.05, 4.69) is 0 Å². The van der Waals surface area contributed by atoms with Gasteiger partial charge in [0.25, 0.3) is 0 Å². The van der Waals surface area contributed by atoms with Crippen molar-refractivity contribution in [3.63, 3.8) is 0 Å². The summed E-state index contributed by atoms with van der Waals surface area (Å²) >= 11 is 0. The van der Waals surface area contributed by atoms with Crippen LogP contribution in [0.2, 0.25) is 0 Å². The molecule has 0 aromatic carbocycles. The molecule has 0 unspecified atom stereocenters. The Bertz CT molecular complexity index is 125. The van der Waals surface area contributed by atoms with Gasteiger partial charge in [0.1, 0.15) is 6.61 Å². The van der Waals surface area contributed by atoms with E-state index in [4.69, 9.17) is 4.74 Å². The molecule has 0 bridgehead atoms. The molecule has 0 N–H and O–H groups in total. The third-order valence-electron chi connectivity index (χ3n) is 1.59. The van der Waals surface area contributed by atoms with Gasteiger partial charge in [0, 0.05) is 5.92 Å². The number of carbonyl (C=O) groups excluding carboxylic acids is 1. The normalized spacial score (nSPS) is 17.9. The maximum Gasteiger partial charge on any atom is 0.161 e. The van der Waals surface area contributed by atoms with Gasteiger partial charge in [0.15, 0.2) is 5.78 Å². The van der Waals surface area contributed by atoms with Crippen LogP contribution < -0.4 is 0 Å². The van der Waals surface area contributed by atoms with Crippen molar-refractivity contribution < 1.29 is 9.53 Å². The molecule has 58 valence electrons. The molecule has 0 saturated heterocycles. The lowest BCUT2D eigenvalue weighted by molar-refractivity contribution is -0.126. The number of hydrogen-bond acceptors (Lipinski definition) is 2. The summed E-state index contributed by atoms with van der Waals surface area (Å²) < 4.78 is 5.16. The average molecular weight is 142 g/mol. The first-order valence-electron chi connectivity index (χ1n) is 3.84. The van der Waals surface area contributed by atoms with Crippen LogP contribution in [0.4, 0.5) is 0 Å². The molecule has 1 aliphatic rings. The van der Waals surface area contributed by atoms with E-state index in [0.29, 0.717) is 12.5 Å². The van der Waals surface area contributed by atoms with Gasteiger partial charge in [0.05, 0.1) is 6.10 Å². The van der Waals surface area contributed by atoms with Crippen molar-refractivity contribution >= 4 is 5.78 Å². The predicted molar refractivity (Wildman–Crippen MR) is 38.8 cm³/mol. The number of hydrogen-bond donors (Lipinski definition) is 0. The third kappa shape index (κ3) is 2.48. The SMILES string of the molecule is CC(C)OCC(=O)C1CC1. The molecule has 0 heterocycles. The highest BCUT2D eigenvalue weighted by atomic mass is 16.5. The van der Waals surface area contributed by atoms with Crippen LogP contribution in [0.15, 0.2) is 0 Å². The maximum atomic E-state index is 11.0. The average Bonchev–Trinajstić information content (AvgIpc) is 2.63. The van der Waals surface area contributed by atoms with E-state index in [0.717, 1.165) is 12.8 Å². The molecule has 1 saturated carbocycles. The topological polar surface area (TPSA) is 26.3 Å². The Balaban J connectivity index is 2.06. The highest BCUT2D eigenvalue weighted by Gasteiger charge is 2.29. The van der Waals surface area contributed by atoms with Crippen LogP contribution in [0.25, 0.3) is 0 Å². The lowest BCUT2D eigenvalue weighted by Crippen LogP contribution is -2.14. The predicted octanol–water partition coefficient (Wildman–Crippen LogP) is 1.39. The van der Waals surface area contributed by atoms with Crippen molar-refractivity contribution in [1.29, 1.82) is 0 Å². The van der Waals surface area contributed by atoms with Crippen molar-refractivity contribution in [2.24, 2.45) is 5.92 Å². The first-order chi connectivity index (χ1) is 4.70. The molecule has 0 amide bonds. The van der Waals surface area contributed by atoms with Crippen LogP contribution in [0.3, 0.4) is 0 Å². The second-order valence-electron chi connectivity index (χ2n) is 3.10. The molecule has 0 aromatic heterocycles. The Kier molecular flexibility index (Phi) is 2.44. The Hall–Kier alpha value is -0.370. The van der Waals surface area contributed by atoms with Crippen LogP contribution in [0, 0.1) is 5.92 Å². The minimum Gasteiger partial charge on any atom is -0.371 e. The van der Waals surface area contributed by atoms with Crippen LogP contribution in [0.5, 0.6) is 0 Å². The van der Waals surface area contributed by atoms with Crippen LogP contribution in [0.1, 0.15) is 26.7 Å². The summed E-state index contributed by atoms with van der Waals surface area (Å²) in [5, 5.41) is 0. The molecule has 0 aromatic rings. The van der Waals surface area contributed by atoms with Crippen molar-refractivity contribution in [2.75, 3.05) is 6.61 Å². The number of rotatable bonds is 4. The molecule has 0 atom stereocenters. The van der Waals surface area contributed by atoms with E-state index in [-0.39, 0.29) is 11.9 Å². The molecule has 2 heteroatoms. The quantitative estimate of drug-likeness (QED) is 0.593. The van der Waals surface area contributed by atoms with E-state index in [1.165, 1.54) is 0 Å². The van der Waals surface area contributed by atoms with Crippen LogP contribution in [-0.2, 0) is 9.53 Å². The summed E-state index contributed by atoms with van der Waals surface area (Å²) in [4.78, 5) is 11.0. The van der Waals surface area contributed by atoms with Crippen LogP contribution >= 0.6 is 0 Å². The molecule has 10 heavy (non-hydrogen) atoms. The zero-order valence-corrected chi connectivity index (χ0v) is 6.59. The van der Waals surface area contributed by atoms with Crippen molar-refractivity contribution in [1.82, 2.24) is 0 Å². The zero-order chi connectivity index (χ0) is 7.56. The lowest BCUT2D eigenvalue weighted by atomic mass is 10.3. The molecule has 1 rings (SSSR count). The molecular weight excluding hydrogens is 128 g/mol. The number of Topliss-reactive ketones (excluding diaryl/α,β-unsaturated/α-hetero) is 1. The monoisotopic (exact) mass is 142 g/mol. The van der Waals surface area contributed by atoms with Crippen molar-refractivity contribution in [3.8, 4) is 0 Å². The molecule has 2 nitrogen and oxygen atoms in total. The minimum absolute atomic E-state index is 0.183. The summed E-state index contributed by atoms with van der Waals surface area (Å²) in [5.74, 6) is 0.632. The fourth-order valence-electron chi connectivity index (χ4n) is 0.772. The van der Waals surface area contributed by atoms with Gasteiger partial charge in [-0.2, -0.15) is 0 Å². The zero-order valence-electron chi connectivity index (χ0n) is 6.59. The summed E-state index contributed by atoms with van der Waals surface area (Å²) in [6, 6.07) is 0. The number of carbonyl (C=O) groups is 1. The second kappa shape index (κ2) is 3.15. The first-order valence-corrected chi connectivity index (χ1v) is 3.84. The Morgan fingerprint density at radius 1 is 1.60 bits per heavy atom. The van der Waals surface area contributed by atoms with Gasteiger partial charge in [-0.25, -0.2) is 0 Å². The highest BCUT2D eigenvalue weighted by Crippen LogP contribution is 2.29. The van der Waals surface area contributed by atoms with Gasteiger partial charge < -0.3 is 4.74 Å². The maximum absolute atomic E-state index is 11.0. The second-order valence-corrected chi connectivity index (χ2v) is 3.10. The molecule has 1 fully saturated rings. The van der Waals surface area contributed by atoms with E-state index in [1.54, 1.807) is 0 Å². The summed E-state index contributed by atoms with van der Waals surface area (Å²) in [6.45, 7) is 4.21. The van der Waals surface area contributed by atoms with E-state index >= 15 is 0 Å². The van der Waals surface area contributed by atoms with Crippen molar-refractivity contribution in [2.45, 2.75) is 32.8 Å². The molecule has 0 radical (unpaired) electrons.